The van der Waals surface area contributed by atoms with Gasteiger partial charge in [-0.25, -0.2) is 4.79 Å². The summed E-state index contributed by atoms with van der Waals surface area (Å²) in [7, 11) is 3.21. The number of carbonyl (C=O) groups excluding carboxylic acids is 1. The summed E-state index contributed by atoms with van der Waals surface area (Å²) in [6.45, 7) is 0. The number of hydrogen-bond acceptors (Lipinski definition) is 3. The van der Waals surface area contributed by atoms with Gasteiger partial charge < -0.3 is 10.1 Å². The van der Waals surface area contributed by atoms with E-state index in [0.717, 1.165) is 17.7 Å². The van der Waals surface area contributed by atoms with Gasteiger partial charge in [0.15, 0.2) is 0 Å². The Bertz CT molecular complexity index is 564. The molecule has 0 bridgehead atoms. The van der Waals surface area contributed by atoms with Crippen molar-refractivity contribution in [3.8, 4) is 0 Å². The van der Waals surface area contributed by atoms with E-state index in [1.54, 1.807) is 6.07 Å². The zero-order valence-corrected chi connectivity index (χ0v) is 11.1. The molecule has 0 unspecified atom stereocenters. The molecular weight excluding hydrogens is 238 g/mol. The summed E-state index contributed by atoms with van der Waals surface area (Å²) in [4.78, 5) is 11.7. The molecule has 98 valence electrons. The number of nitrogens with one attached hydrogen (secondary N) is 1. The van der Waals surface area contributed by atoms with Crippen molar-refractivity contribution in [1.29, 1.82) is 0 Å². The molecule has 3 heteroatoms. The molecule has 0 aliphatic heterocycles. The van der Waals surface area contributed by atoms with Crippen LogP contribution >= 0.6 is 0 Å². The molecule has 2 aromatic rings. The van der Waals surface area contributed by atoms with Crippen molar-refractivity contribution in [2.45, 2.75) is 6.42 Å². The Morgan fingerprint density at radius 2 is 1.84 bits per heavy atom. The van der Waals surface area contributed by atoms with Crippen LogP contribution in [0, 0.1) is 0 Å². The number of methoxy groups -OCH3 is 1. The highest BCUT2D eigenvalue weighted by Crippen LogP contribution is 2.24. The second-order valence-electron chi connectivity index (χ2n) is 4.24. The van der Waals surface area contributed by atoms with E-state index in [1.807, 2.05) is 37.4 Å². The number of anilines is 1. The van der Waals surface area contributed by atoms with Crippen LogP contribution in [-0.2, 0) is 11.2 Å². The molecule has 0 aliphatic rings. The number of esters is 1. The Kier molecular flexibility index (Phi) is 4.18. The van der Waals surface area contributed by atoms with Crippen molar-refractivity contribution in [3.05, 3.63) is 65.2 Å². The minimum atomic E-state index is -0.320. The minimum Gasteiger partial charge on any atom is -0.465 e. The molecule has 2 aromatic carbocycles. The Balaban J connectivity index is 2.38. The van der Waals surface area contributed by atoms with Gasteiger partial charge in [0, 0.05) is 7.05 Å². The number of carbonyl (C=O) groups is 1. The summed E-state index contributed by atoms with van der Waals surface area (Å²) in [5.41, 5.74) is 3.69. The summed E-state index contributed by atoms with van der Waals surface area (Å²) in [5, 5.41) is 3.10. The van der Waals surface area contributed by atoms with Crippen molar-refractivity contribution in [2.24, 2.45) is 0 Å². The van der Waals surface area contributed by atoms with Crippen LogP contribution in [0.15, 0.2) is 48.5 Å². The molecule has 0 aromatic heterocycles. The Hall–Kier alpha value is -2.29. The first-order chi connectivity index (χ1) is 9.26. The third-order valence-corrected chi connectivity index (χ3v) is 3.04. The molecule has 0 aliphatic carbocycles. The smallest absolute Gasteiger partial charge is 0.339 e. The SMILES string of the molecule is CNc1c(Cc2ccccc2)cccc1C(=O)OC. The van der Waals surface area contributed by atoms with Gasteiger partial charge in [-0.2, -0.15) is 0 Å². The first kappa shape index (κ1) is 13.1. The Morgan fingerprint density at radius 1 is 1.11 bits per heavy atom. The molecule has 3 nitrogen and oxygen atoms in total. The van der Waals surface area contributed by atoms with E-state index in [-0.39, 0.29) is 5.97 Å². The van der Waals surface area contributed by atoms with E-state index in [4.69, 9.17) is 4.74 Å². The average Bonchev–Trinajstić information content (AvgIpc) is 2.47. The molecule has 0 saturated carbocycles. The highest BCUT2D eigenvalue weighted by atomic mass is 16.5. The maximum Gasteiger partial charge on any atom is 0.339 e. The lowest BCUT2D eigenvalue weighted by atomic mass is 10.00. The standard InChI is InChI=1S/C16H17NO2/c1-17-15-13(11-12-7-4-3-5-8-12)9-6-10-14(15)16(18)19-2/h3-10,17H,11H2,1-2H3. The molecule has 0 heterocycles. The number of benzene rings is 2. The maximum atomic E-state index is 11.7. The highest BCUT2D eigenvalue weighted by Gasteiger charge is 2.14. The highest BCUT2D eigenvalue weighted by molar-refractivity contribution is 5.96. The molecule has 0 amide bonds. The predicted octanol–water partition coefficient (Wildman–Crippen LogP) is 3.11. The van der Waals surface area contributed by atoms with Crippen LogP contribution in [-0.4, -0.2) is 20.1 Å². The first-order valence-corrected chi connectivity index (χ1v) is 6.18. The van der Waals surface area contributed by atoms with Gasteiger partial charge in [0.1, 0.15) is 0 Å². The van der Waals surface area contributed by atoms with E-state index in [9.17, 15) is 4.79 Å². The molecule has 0 atom stereocenters. The van der Waals surface area contributed by atoms with Crippen molar-refractivity contribution in [3.63, 3.8) is 0 Å². The molecular formula is C16H17NO2. The molecule has 0 fully saturated rings. The van der Waals surface area contributed by atoms with Crippen LogP contribution in [0.2, 0.25) is 0 Å². The van der Waals surface area contributed by atoms with Gasteiger partial charge in [0.2, 0.25) is 0 Å². The van der Waals surface area contributed by atoms with Crippen LogP contribution in [0.1, 0.15) is 21.5 Å². The van der Waals surface area contributed by atoms with Gasteiger partial charge in [-0.1, -0.05) is 42.5 Å². The topological polar surface area (TPSA) is 38.3 Å². The van der Waals surface area contributed by atoms with Gasteiger partial charge in [0.25, 0.3) is 0 Å². The Morgan fingerprint density at radius 3 is 2.47 bits per heavy atom. The van der Waals surface area contributed by atoms with Crippen LogP contribution in [0.4, 0.5) is 5.69 Å². The second kappa shape index (κ2) is 6.05. The van der Waals surface area contributed by atoms with Crippen LogP contribution in [0.3, 0.4) is 0 Å². The number of hydrogen-bond donors (Lipinski definition) is 1. The minimum absolute atomic E-state index is 0.320. The monoisotopic (exact) mass is 255 g/mol. The molecule has 0 saturated heterocycles. The van der Waals surface area contributed by atoms with Gasteiger partial charge in [-0.3, -0.25) is 0 Å². The van der Waals surface area contributed by atoms with Gasteiger partial charge in [0.05, 0.1) is 18.4 Å². The first-order valence-electron chi connectivity index (χ1n) is 6.18. The van der Waals surface area contributed by atoms with E-state index in [1.165, 1.54) is 12.7 Å². The van der Waals surface area contributed by atoms with E-state index in [0.29, 0.717) is 5.56 Å². The van der Waals surface area contributed by atoms with Crippen LogP contribution in [0.25, 0.3) is 0 Å². The third-order valence-electron chi connectivity index (χ3n) is 3.04. The average molecular weight is 255 g/mol. The van der Waals surface area contributed by atoms with E-state index in [2.05, 4.69) is 17.4 Å². The predicted molar refractivity (Wildman–Crippen MR) is 76.6 cm³/mol. The summed E-state index contributed by atoms with van der Waals surface area (Å²) < 4.78 is 4.81. The number of ether oxygens (including phenoxy) is 1. The van der Waals surface area contributed by atoms with Crippen molar-refractivity contribution < 1.29 is 9.53 Å². The summed E-state index contributed by atoms with van der Waals surface area (Å²) >= 11 is 0. The fourth-order valence-corrected chi connectivity index (χ4v) is 2.14. The molecule has 0 spiro atoms. The lowest BCUT2D eigenvalue weighted by Crippen LogP contribution is -2.08. The zero-order chi connectivity index (χ0) is 13.7. The largest absolute Gasteiger partial charge is 0.465 e. The second-order valence-corrected chi connectivity index (χ2v) is 4.24. The number of rotatable bonds is 4. The van der Waals surface area contributed by atoms with Crippen molar-refractivity contribution in [1.82, 2.24) is 0 Å². The molecule has 1 N–H and O–H groups in total. The van der Waals surface area contributed by atoms with Crippen LogP contribution < -0.4 is 5.32 Å². The fourth-order valence-electron chi connectivity index (χ4n) is 2.14. The third kappa shape index (κ3) is 2.94. The molecule has 0 radical (unpaired) electrons. The Labute approximate surface area is 113 Å². The zero-order valence-electron chi connectivity index (χ0n) is 11.1. The number of para-hydroxylation sites is 1. The van der Waals surface area contributed by atoms with E-state index < -0.39 is 0 Å². The van der Waals surface area contributed by atoms with Gasteiger partial charge in [-0.05, 0) is 23.6 Å². The molecule has 19 heavy (non-hydrogen) atoms. The fraction of sp³-hybridized carbons (Fsp3) is 0.188. The normalized spacial score (nSPS) is 10.0. The summed E-state index contributed by atoms with van der Waals surface area (Å²) in [5.74, 6) is -0.320. The van der Waals surface area contributed by atoms with Gasteiger partial charge >= 0.3 is 5.97 Å². The maximum absolute atomic E-state index is 11.7. The van der Waals surface area contributed by atoms with E-state index >= 15 is 0 Å². The van der Waals surface area contributed by atoms with Gasteiger partial charge in [-0.15, -0.1) is 0 Å². The quantitative estimate of drug-likeness (QED) is 0.853. The lowest BCUT2D eigenvalue weighted by molar-refractivity contribution is 0.0601. The lowest BCUT2D eigenvalue weighted by Gasteiger charge is -2.13. The summed E-state index contributed by atoms with van der Waals surface area (Å²) in [6.07, 6.45) is 0.780. The molecule has 2 rings (SSSR count). The van der Waals surface area contributed by atoms with Crippen molar-refractivity contribution >= 4 is 11.7 Å². The summed E-state index contributed by atoms with van der Waals surface area (Å²) in [6, 6.07) is 15.8. The van der Waals surface area contributed by atoms with Crippen LogP contribution in [0.5, 0.6) is 0 Å². The van der Waals surface area contributed by atoms with Crippen molar-refractivity contribution in [2.75, 3.05) is 19.5 Å².